The van der Waals surface area contributed by atoms with Gasteiger partial charge in [0.2, 0.25) is 0 Å². The molecule has 0 aromatic heterocycles. The molecule has 0 nitrogen and oxygen atoms in total. The predicted octanol–water partition coefficient (Wildman–Crippen LogP) is 6.21. The predicted molar refractivity (Wildman–Crippen MR) is 91.0 cm³/mol. The second-order valence-corrected chi connectivity index (χ2v) is 4.99. The highest BCUT2D eigenvalue weighted by Gasteiger charge is 2.37. The maximum atomic E-state index is 3.77. The minimum absolute atomic E-state index is 0.232. The maximum absolute atomic E-state index is 3.77. The molecule has 20 heavy (non-hydrogen) atoms. The van der Waals surface area contributed by atoms with Crippen LogP contribution in [0.3, 0.4) is 0 Å². The molecule has 0 heteroatoms. The highest BCUT2D eigenvalue weighted by atomic mass is 14.4. The van der Waals surface area contributed by atoms with Gasteiger partial charge in [0.15, 0.2) is 0 Å². The molecule has 1 fully saturated rings. The first-order valence-electron chi connectivity index (χ1n) is 7.85. The third kappa shape index (κ3) is 3.50. The Morgan fingerprint density at radius 1 is 1.10 bits per heavy atom. The SMILES string of the molecule is C=C/C=C\C(=C/C)C1(c2ccccc2)CCCC1.CC. The van der Waals surface area contributed by atoms with Gasteiger partial charge in [-0.05, 0) is 30.9 Å². The van der Waals surface area contributed by atoms with Gasteiger partial charge in [0.25, 0.3) is 0 Å². The van der Waals surface area contributed by atoms with E-state index in [1.165, 1.54) is 36.8 Å². The summed E-state index contributed by atoms with van der Waals surface area (Å²) in [4.78, 5) is 0. The lowest BCUT2D eigenvalue weighted by Crippen LogP contribution is -2.24. The van der Waals surface area contributed by atoms with E-state index in [1.54, 1.807) is 0 Å². The van der Waals surface area contributed by atoms with Crippen LogP contribution in [0.25, 0.3) is 0 Å². The maximum Gasteiger partial charge on any atom is 0.0199 e. The average Bonchev–Trinajstić information content (AvgIpc) is 3.02. The van der Waals surface area contributed by atoms with E-state index < -0.39 is 0 Å². The van der Waals surface area contributed by atoms with Crippen molar-refractivity contribution in [3.8, 4) is 0 Å². The van der Waals surface area contributed by atoms with Crippen molar-refractivity contribution in [2.45, 2.75) is 51.9 Å². The highest BCUT2D eigenvalue weighted by Crippen LogP contribution is 2.47. The molecular weight excluding hydrogens is 240 g/mol. The lowest BCUT2D eigenvalue weighted by Gasteiger charge is -2.31. The van der Waals surface area contributed by atoms with Gasteiger partial charge in [0, 0.05) is 5.41 Å². The summed E-state index contributed by atoms with van der Waals surface area (Å²) in [5.41, 5.74) is 3.13. The molecule has 0 heterocycles. The van der Waals surface area contributed by atoms with Crippen LogP contribution in [0.1, 0.15) is 52.0 Å². The Morgan fingerprint density at radius 3 is 2.20 bits per heavy atom. The summed E-state index contributed by atoms with van der Waals surface area (Å²) >= 11 is 0. The fourth-order valence-corrected chi connectivity index (χ4v) is 3.18. The molecule has 0 atom stereocenters. The van der Waals surface area contributed by atoms with E-state index in [9.17, 15) is 0 Å². The topological polar surface area (TPSA) is 0 Å². The molecular formula is C20H28. The van der Waals surface area contributed by atoms with Crippen LogP contribution in [0.5, 0.6) is 0 Å². The van der Waals surface area contributed by atoms with Crippen molar-refractivity contribution in [1.82, 2.24) is 0 Å². The number of benzene rings is 1. The number of rotatable bonds is 4. The zero-order valence-electron chi connectivity index (χ0n) is 13.2. The molecule has 0 N–H and O–H groups in total. The summed E-state index contributed by atoms with van der Waals surface area (Å²) in [5, 5.41) is 0. The van der Waals surface area contributed by atoms with Crippen LogP contribution < -0.4 is 0 Å². The Kier molecular flexibility index (Phi) is 7.08. The normalized spacial score (nSPS) is 17.6. The Labute approximate surface area is 124 Å². The van der Waals surface area contributed by atoms with Gasteiger partial charge in [0.1, 0.15) is 0 Å². The van der Waals surface area contributed by atoms with Gasteiger partial charge < -0.3 is 0 Å². The van der Waals surface area contributed by atoms with Crippen LogP contribution in [-0.2, 0) is 5.41 Å². The molecule has 1 aromatic carbocycles. The minimum atomic E-state index is 0.232. The van der Waals surface area contributed by atoms with Gasteiger partial charge in [-0.3, -0.25) is 0 Å². The Bertz CT molecular complexity index is 442. The zero-order chi connectivity index (χ0) is 14.8. The van der Waals surface area contributed by atoms with Gasteiger partial charge in [0.05, 0.1) is 0 Å². The lowest BCUT2D eigenvalue weighted by molar-refractivity contribution is 0.533. The van der Waals surface area contributed by atoms with E-state index in [4.69, 9.17) is 0 Å². The quantitative estimate of drug-likeness (QED) is 0.569. The summed E-state index contributed by atoms with van der Waals surface area (Å²) in [6.45, 7) is 9.92. The van der Waals surface area contributed by atoms with Crippen LogP contribution in [0.4, 0.5) is 0 Å². The summed E-state index contributed by atoms with van der Waals surface area (Å²) in [7, 11) is 0. The van der Waals surface area contributed by atoms with Crippen LogP contribution >= 0.6 is 0 Å². The molecule has 0 spiro atoms. The molecule has 108 valence electrons. The summed E-state index contributed by atoms with van der Waals surface area (Å²) in [5.74, 6) is 0. The molecule has 0 unspecified atom stereocenters. The summed E-state index contributed by atoms with van der Waals surface area (Å²) in [6, 6.07) is 11.0. The zero-order valence-corrected chi connectivity index (χ0v) is 13.2. The largest absolute Gasteiger partial charge is 0.0991 e. The number of hydrogen-bond acceptors (Lipinski definition) is 0. The third-order valence-electron chi connectivity index (χ3n) is 4.06. The van der Waals surface area contributed by atoms with E-state index >= 15 is 0 Å². The summed E-state index contributed by atoms with van der Waals surface area (Å²) < 4.78 is 0. The molecule has 1 aliphatic rings. The van der Waals surface area contributed by atoms with Gasteiger partial charge in [-0.2, -0.15) is 0 Å². The van der Waals surface area contributed by atoms with Crippen molar-refractivity contribution in [3.63, 3.8) is 0 Å². The fraction of sp³-hybridized carbons (Fsp3) is 0.400. The third-order valence-corrected chi connectivity index (χ3v) is 4.06. The average molecular weight is 268 g/mol. The Morgan fingerprint density at radius 2 is 1.70 bits per heavy atom. The van der Waals surface area contributed by atoms with Crippen molar-refractivity contribution < 1.29 is 0 Å². The molecule has 0 bridgehead atoms. The van der Waals surface area contributed by atoms with E-state index in [0.29, 0.717) is 0 Å². The first-order chi connectivity index (χ1) is 9.83. The Balaban J connectivity index is 0.000000956. The second-order valence-electron chi connectivity index (χ2n) is 4.99. The first-order valence-corrected chi connectivity index (χ1v) is 7.85. The first kappa shape index (κ1) is 16.5. The lowest BCUT2D eigenvalue weighted by atomic mass is 9.72. The van der Waals surface area contributed by atoms with Gasteiger partial charge >= 0.3 is 0 Å². The van der Waals surface area contributed by atoms with Crippen molar-refractivity contribution in [2.75, 3.05) is 0 Å². The van der Waals surface area contributed by atoms with Crippen molar-refractivity contribution in [1.29, 1.82) is 0 Å². The molecule has 2 rings (SSSR count). The van der Waals surface area contributed by atoms with E-state index in [0.717, 1.165) is 0 Å². The minimum Gasteiger partial charge on any atom is -0.0991 e. The molecule has 1 aromatic rings. The smallest absolute Gasteiger partial charge is 0.0199 e. The fourth-order valence-electron chi connectivity index (χ4n) is 3.18. The molecule has 0 aliphatic heterocycles. The molecule has 1 aliphatic carbocycles. The molecule has 0 amide bonds. The standard InChI is InChI=1S/C18H22.C2H6/c1-3-5-11-16(4-2)18(14-9-10-15-18)17-12-7-6-8-13-17;1-2/h3-8,11-13H,1,9-10,14-15H2,2H3;1-2H3/b11-5-,16-4+;. The molecule has 0 radical (unpaired) electrons. The van der Waals surface area contributed by atoms with Crippen molar-refractivity contribution in [3.05, 3.63) is 72.4 Å². The van der Waals surface area contributed by atoms with Gasteiger partial charge in [-0.1, -0.05) is 87.9 Å². The van der Waals surface area contributed by atoms with Crippen LogP contribution in [-0.4, -0.2) is 0 Å². The van der Waals surface area contributed by atoms with E-state index in [-0.39, 0.29) is 5.41 Å². The highest BCUT2D eigenvalue weighted by molar-refractivity contribution is 5.43. The summed E-state index contributed by atoms with van der Waals surface area (Å²) in [6.07, 6.45) is 13.6. The van der Waals surface area contributed by atoms with Crippen molar-refractivity contribution >= 4 is 0 Å². The molecule has 1 saturated carbocycles. The number of allylic oxidation sites excluding steroid dienone is 5. The van der Waals surface area contributed by atoms with Crippen LogP contribution in [0.2, 0.25) is 0 Å². The van der Waals surface area contributed by atoms with Gasteiger partial charge in [-0.25, -0.2) is 0 Å². The van der Waals surface area contributed by atoms with Crippen molar-refractivity contribution in [2.24, 2.45) is 0 Å². The molecule has 0 saturated heterocycles. The monoisotopic (exact) mass is 268 g/mol. The second kappa shape index (κ2) is 8.58. The van der Waals surface area contributed by atoms with Crippen LogP contribution in [0, 0.1) is 0 Å². The van der Waals surface area contributed by atoms with E-state index in [2.05, 4.69) is 62.1 Å². The number of hydrogen-bond donors (Lipinski definition) is 0. The van der Waals surface area contributed by atoms with Crippen LogP contribution in [0.15, 0.2) is 66.8 Å². The Hall–Kier alpha value is -1.56. The van der Waals surface area contributed by atoms with E-state index in [1.807, 2.05) is 19.9 Å². The van der Waals surface area contributed by atoms with Gasteiger partial charge in [-0.15, -0.1) is 0 Å².